The minimum absolute atomic E-state index is 0.338. The van der Waals surface area contributed by atoms with E-state index in [-0.39, 0.29) is 0 Å². The van der Waals surface area contributed by atoms with Crippen LogP contribution in [0, 0.1) is 13.8 Å². The van der Waals surface area contributed by atoms with E-state index >= 15 is 0 Å². The molecular formula is C25H29NO5. The van der Waals surface area contributed by atoms with Crippen LogP contribution in [0.5, 0.6) is 5.75 Å². The molecule has 0 spiro atoms. The Kier molecular flexibility index (Phi) is 7.84. The van der Waals surface area contributed by atoms with Gasteiger partial charge in [0, 0.05) is 18.6 Å². The van der Waals surface area contributed by atoms with Gasteiger partial charge in [0.1, 0.15) is 11.5 Å². The van der Waals surface area contributed by atoms with E-state index in [1.54, 1.807) is 6.92 Å². The average molecular weight is 424 g/mol. The summed E-state index contributed by atoms with van der Waals surface area (Å²) in [7, 11) is 0. The highest BCUT2D eigenvalue weighted by atomic mass is 16.5. The van der Waals surface area contributed by atoms with Gasteiger partial charge in [0.25, 0.3) is 0 Å². The van der Waals surface area contributed by atoms with Gasteiger partial charge in [-0.15, -0.1) is 0 Å². The lowest BCUT2D eigenvalue weighted by molar-refractivity contribution is -0.149. The molecular weight excluding hydrogens is 394 g/mol. The van der Waals surface area contributed by atoms with Gasteiger partial charge in [-0.3, -0.25) is 0 Å². The number of carbonyl (C=O) groups is 1. The molecule has 0 fully saturated rings. The normalized spacial score (nSPS) is 12.0. The monoisotopic (exact) mass is 423 g/mol. The molecule has 0 bridgehead atoms. The number of hydrogen-bond acceptors (Lipinski definition) is 5. The molecule has 2 aromatic carbocycles. The standard InChI is InChI=1S/C25H29NO5/c1-4-29-23(25(27)28)16-20-12-13-21(15-17(20)2)30-14-8-11-22-18(3)31-24(26-22)19-9-6-5-7-10-19/h5-7,9-10,12-13,15,23H,4,8,11,14,16H2,1-3H3,(H,27,28)/t23-/m0/s1. The SMILES string of the molecule is CCO[C@@H](Cc1ccc(OCCCc2nc(-c3ccccc3)oc2C)cc1C)C(=O)O. The van der Waals surface area contributed by atoms with Crippen LogP contribution in [0.15, 0.2) is 52.9 Å². The molecule has 0 radical (unpaired) electrons. The molecule has 3 rings (SSSR count). The number of aromatic nitrogens is 1. The number of aliphatic carboxylic acids is 1. The van der Waals surface area contributed by atoms with Crippen LogP contribution in [-0.2, 0) is 22.4 Å². The summed E-state index contributed by atoms with van der Waals surface area (Å²) in [5.74, 6) is 1.31. The fraction of sp³-hybridized carbons (Fsp3) is 0.360. The van der Waals surface area contributed by atoms with E-state index in [4.69, 9.17) is 13.9 Å². The zero-order chi connectivity index (χ0) is 22.2. The largest absolute Gasteiger partial charge is 0.494 e. The lowest BCUT2D eigenvalue weighted by atomic mass is 10.0. The van der Waals surface area contributed by atoms with E-state index in [0.29, 0.717) is 25.5 Å². The Balaban J connectivity index is 1.51. The predicted molar refractivity (Wildman–Crippen MR) is 118 cm³/mol. The van der Waals surface area contributed by atoms with Gasteiger partial charge in [-0.1, -0.05) is 24.3 Å². The topological polar surface area (TPSA) is 81.8 Å². The number of nitrogens with zero attached hydrogens (tertiary/aromatic N) is 1. The average Bonchev–Trinajstić information content (AvgIpc) is 3.13. The number of benzene rings is 2. The first kappa shape index (κ1) is 22.6. The summed E-state index contributed by atoms with van der Waals surface area (Å²) < 4.78 is 17.0. The predicted octanol–water partition coefficient (Wildman–Crippen LogP) is 5.00. The van der Waals surface area contributed by atoms with Crippen molar-refractivity contribution in [1.82, 2.24) is 4.98 Å². The summed E-state index contributed by atoms with van der Waals surface area (Å²) in [4.78, 5) is 15.9. The van der Waals surface area contributed by atoms with Gasteiger partial charge >= 0.3 is 5.97 Å². The van der Waals surface area contributed by atoms with Crippen molar-refractivity contribution in [3.63, 3.8) is 0 Å². The Morgan fingerprint density at radius 1 is 1.16 bits per heavy atom. The molecule has 31 heavy (non-hydrogen) atoms. The van der Waals surface area contributed by atoms with Crippen LogP contribution >= 0.6 is 0 Å². The van der Waals surface area contributed by atoms with Crippen molar-refractivity contribution >= 4 is 5.97 Å². The van der Waals surface area contributed by atoms with Crippen molar-refractivity contribution in [2.24, 2.45) is 0 Å². The minimum atomic E-state index is -0.944. The van der Waals surface area contributed by atoms with Crippen molar-refractivity contribution in [2.45, 2.75) is 46.1 Å². The van der Waals surface area contributed by atoms with Gasteiger partial charge < -0.3 is 19.0 Å². The Morgan fingerprint density at radius 3 is 2.61 bits per heavy atom. The van der Waals surface area contributed by atoms with E-state index in [2.05, 4.69) is 4.98 Å². The molecule has 6 heteroatoms. The van der Waals surface area contributed by atoms with Crippen molar-refractivity contribution in [1.29, 1.82) is 0 Å². The van der Waals surface area contributed by atoms with Crippen LogP contribution in [0.3, 0.4) is 0 Å². The third-order valence-corrected chi connectivity index (χ3v) is 5.10. The molecule has 0 aliphatic heterocycles. The number of carboxylic acids is 1. The summed E-state index contributed by atoms with van der Waals surface area (Å²) in [5.41, 5.74) is 3.85. The Labute approximate surface area is 182 Å². The summed E-state index contributed by atoms with van der Waals surface area (Å²) in [6, 6.07) is 15.6. The van der Waals surface area contributed by atoms with E-state index in [9.17, 15) is 9.90 Å². The maximum atomic E-state index is 11.3. The number of aryl methyl sites for hydroxylation is 3. The zero-order valence-electron chi connectivity index (χ0n) is 18.3. The highest BCUT2D eigenvalue weighted by Crippen LogP contribution is 2.23. The molecule has 6 nitrogen and oxygen atoms in total. The van der Waals surface area contributed by atoms with E-state index < -0.39 is 12.1 Å². The number of carboxylic acid groups (broad SMARTS) is 1. The first-order valence-corrected chi connectivity index (χ1v) is 10.6. The molecule has 3 aromatic rings. The van der Waals surface area contributed by atoms with Gasteiger partial charge in [-0.25, -0.2) is 9.78 Å². The van der Waals surface area contributed by atoms with Gasteiger partial charge in [0.2, 0.25) is 5.89 Å². The zero-order valence-corrected chi connectivity index (χ0v) is 18.3. The minimum Gasteiger partial charge on any atom is -0.494 e. The molecule has 164 valence electrons. The van der Waals surface area contributed by atoms with E-state index in [0.717, 1.165) is 46.7 Å². The van der Waals surface area contributed by atoms with Crippen LogP contribution < -0.4 is 4.74 Å². The van der Waals surface area contributed by atoms with Gasteiger partial charge in [-0.05, 0) is 69.0 Å². The van der Waals surface area contributed by atoms with E-state index in [1.807, 2.05) is 62.4 Å². The van der Waals surface area contributed by atoms with Crippen LogP contribution in [-0.4, -0.2) is 35.4 Å². The molecule has 1 heterocycles. The first-order valence-electron chi connectivity index (χ1n) is 10.6. The number of rotatable bonds is 11. The van der Waals surface area contributed by atoms with Crippen molar-refractivity contribution in [3.8, 4) is 17.2 Å². The van der Waals surface area contributed by atoms with Crippen LogP contribution in [0.2, 0.25) is 0 Å². The number of ether oxygens (including phenoxy) is 2. The third-order valence-electron chi connectivity index (χ3n) is 5.10. The highest BCUT2D eigenvalue weighted by molar-refractivity contribution is 5.72. The summed E-state index contributed by atoms with van der Waals surface area (Å²) in [6.45, 7) is 6.61. The third kappa shape index (κ3) is 6.18. The Bertz CT molecular complexity index is 996. The first-order chi connectivity index (χ1) is 15.0. The van der Waals surface area contributed by atoms with E-state index in [1.165, 1.54) is 0 Å². The molecule has 0 unspecified atom stereocenters. The molecule has 0 aliphatic rings. The van der Waals surface area contributed by atoms with Gasteiger partial charge in [0.05, 0.1) is 12.3 Å². The smallest absolute Gasteiger partial charge is 0.333 e. The van der Waals surface area contributed by atoms with Gasteiger partial charge in [0.15, 0.2) is 6.10 Å². The molecule has 1 atom stereocenters. The maximum Gasteiger partial charge on any atom is 0.333 e. The molecule has 0 aliphatic carbocycles. The summed E-state index contributed by atoms with van der Waals surface area (Å²) in [5, 5.41) is 9.27. The Hall–Kier alpha value is -3.12. The van der Waals surface area contributed by atoms with Crippen LogP contribution in [0.4, 0.5) is 0 Å². The van der Waals surface area contributed by atoms with Crippen molar-refractivity contribution < 1.29 is 23.8 Å². The summed E-state index contributed by atoms with van der Waals surface area (Å²) in [6.07, 6.45) is 1.09. The van der Waals surface area contributed by atoms with Crippen molar-refractivity contribution in [2.75, 3.05) is 13.2 Å². The molecule has 0 saturated heterocycles. The molecule has 1 aromatic heterocycles. The quantitative estimate of drug-likeness (QED) is 0.437. The van der Waals surface area contributed by atoms with Crippen LogP contribution in [0.1, 0.15) is 35.9 Å². The summed E-state index contributed by atoms with van der Waals surface area (Å²) >= 11 is 0. The maximum absolute atomic E-state index is 11.3. The fourth-order valence-electron chi connectivity index (χ4n) is 3.40. The fourth-order valence-corrected chi connectivity index (χ4v) is 3.40. The lowest BCUT2D eigenvalue weighted by Crippen LogP contribution is -2.26. The Morgan fingerprint density at radius 2 is 1.94 bits per heavy atom. The van der Waals surface area contributed by atoms with Gasteiger partial charge in [-0.2, -0.15) is 0 Å². The number of hydrogen-bond donors (Lipinski definition) is 1. The second-order valence-electron chi connectivity index (χ2n) is 7.41. The highest BCUT2D eigenvalue weighted by Gasteiger charge is 2.19. The second kappa shape index (κ2) is 10.8. The number of oxazole rings is 1. The lowest BCUT2D eigenvalue weighted by Gasteiger charge is -2.15. The van der Waals surface area contributed by atoms with Crippen LogP contribution in [0.25, 0.3) is 11.5 Å². The second-order valence-corrected chi connectivity index (χ2v) is 7.41. The molecule has 0 amide bonds. The molecule has 1 N–H and O–H groups in total. The molecule has 0 saturated carbocycles. The van der Waals surface area contributed by atoms with Crippen molar-refractivity contribution in [3.05, 3.63) is 71.1 Å².